The number of rotatable bonds is 5. The summed E-state index contributed by atoms with van der Waals surface area (Å²) in [5.74, 6) is 0.0473. The Morgan fingerprint density at radius 1 is 1.11 bits per heavy atom. The number of amidine groups is 1. The van der Waals surface area contributed by atoms with Gasteiger partial charge in [-0.15, -0.1) is 0 Å². The molecule has 0 radical (unpaired) electrons. The molecule has 0 aliphatic rings. The second kappa shape index (κ2) is 5.91. The molecule has 0 saturated heterocycles. The van der Waals surface area contributed by atoms with E-state index in [1.807, 2.05) is 24.3 Å². The summed E-state index contributed by atoms with van der Waals surface area (Å²) < 4.78 is 0. The Bertz CT molecular complexity index is 564. The second-order valence-electron chi connectivity index (χ2n) is 4.38. The van der Waals surface area contributed by atoms with Gasteiger partial charge >= 0.3 is 0 Å². The third-order valence-electron chi connectivity index (χ3n) is 2.94. The van der Waals surface area contributed by atoms with Crippen molar-refractivity contribution in [2.24, 2.45) is 5.73 Å². The average Bonchev–Trinajstić information content (AvgIpc) is 2.42. The maximum absolute atomic E-state index is 7.42. The van der Waals surface area contributed by atoms with Gasteiger partial charge in [0.15, 0.2) is 0 Å². The number of hydrogen-bond acceptors (Lipinski definition) is 3. The zero-order valence-electron chi connectivity index (χ0n) is 10.7. The van der Waals surface area contributed by atoms with Crippen molar-refractivity contribution in [1.29, 1.82) is 5.41 Å². The first kappa shape index (κ1) is 13.0. The Morgan fingerprint density at radius 2 is 1.84 bits per heavy atom. The fourth-order valence-corrected chi connectivity index (χ4v) is 1.86. The highest BCUT2D eigenvalue weighted by molar-refractivity contribution is 5.96. The molecule has 0 spiro atoms. The standard InChI is InChI=1S/C15H18N4/c16-13-7-6-12(15(17)18)10-14(13)19-9-8-11-4-2-1-3-5-11/h1-7,10,19H,8-9,16H2,(H3,17,18). The smallest absolute Gasteiger partial charge is 0.122 e. The van der Waals surface area contributed by atoms with Crippen LogP contribution in [0.25, 0.3) is 0 Å². The lowest BCUT2D eigenvalue weighted by Gasteiger charge is -2.11. The summed E-state index contributed by atoms with van der Waals surface area (Å²) in [6.07, 6.45) is 0.921. The highest BCUT2D eigenvalue weighted by Crippen LogP contribution is 2.19. The molecule has 19 heavy (non-hydrogen) atoms. The van der Waals surface area contributed by atoms with E-state index in [1.165, 1.54) is 5.56 Å². The molecule has 0 saturated carbocycles. The quantitative estimate of drug-likeness (QED) is 0.375. The monoisotopic (exact) mass is 254 g/mol. The number of nitrogens with two attached hydrogens (primary N) is 2. The summed E-state index contributed by atoms with van der Waals surface area (Å²) in [7, 11) is 0. The minimum atomic E-state index is 0.0473. The lowest BCUT2D eigenvalue weighted by molar-refractivity contribution is 1.02. The molecule has 0 heterocycles. The number of nitrogens with one attached hydrogen (secondary N) is 2. The van der Waals surface area contributed by atoms with E-state index in [2.05, 4.69) is 17.4 Å². The van der Waals surface area contributed by atoms with Crippen LogP contribution in [-0.2, 0) is 6.42 Å². The van der Waals surface area contributed by atoms with Crippen molar-refractivity contribution in [3.05, 3.63) is 59.7 Å². The van der Waals surface area contributed by atoms with Gasteiger partial charge in [-0.3, -0.25) is 5.41 Å². The minimum Gasteiger partial charge on any atom is -0.397 e. The third kappa shape index (κ3) is 3.48. The topological polar surface area (TPSA) is 87.9 Å². The third-order valence-corrected chi connectivity index (χ3v) is 2.94. The van der Waals surface area contributed by atoms with Crippen LogP contribution in [0.1, 0.15) is 11.1 Å². The normalized spacial score (nSPS) is 10.1. The summed E-state index contributed by atoms with van der Waals surface area (Å²) in [5.41, 5.74) is 14.8. The van der Waals surface area contributed by atoms with Gasteiger partial charge in [0.1, 0.15) is 5.84 Å². The van der Waals surface area contributed by atoms with Crippen LogP contribution in [0.5, 0.6) is 0 Å². The van der Waals surface area contributed by atoms with Crippen LogP contribution >= 0.6 is 0 Å². The first-order chi connectivity index (χ1) is 9.16. The molecular formula is C15H18N4. The predicted octanol–water partition coefficient (Wildman–Crippen LogP) is 2.21. The molecule has 2 aromatic carbocycles. The molecule has 98 valence electrons. The van der Waals surface area contributed by atoms with Crippen LogP contribution < -0.4 is 16.8 Å². The number of nitrogen functional groups attached to an aromatic ring is 2. The molecule has 2 aromatic rings. The Balaban J connectivity index is 1.99. The first-order valence-corrected chi connectivity index (χ1v) is 6.18. The molecule has 0 aromatic heterocycles. The molecular weight excluding hydrogens is 236 g/mol. The number of hydrogen-bond donors (Lipinski definition) is 4. The molecule has 4 nitrogen and oxygen atoms in total. The van der Waals surface area contributed by atoms with E-state index in [-0.39, 0.29) is 5.84 Å². The van der Waals surface area contributed by atoms with Gasteiger partial charge in [0.05, 0.1) is 11.4 Å². The van der Waals surface area contributed by atoms with Crippen LogP contribution in [0.4, 0.5) is 11.4 Å². The largest absolute Gasteiger partial charge is 0.397 e. The van der Waals surface area contributed by atoms with Gasteiger partial charge in [-0.05, 0) is 30.2 Å². The highest BCUT2D eigenvalue weighted by Gasteiger charge is 2.02. The first-order valence-electron chi connectivity index (χ1n) is 6.18. The molecule has 0 atom stereocenters. The Hall–Kier alpha value is -2.49. The summed E-state index contributed by atoms with van der Waals surface area (Å²) in [6, 6.07) is 15.6. The lowest BCUT2D eigenvalue weighted by Crippen LogP contribution is -2.13. The zero-order valence-corrected chi connectivity index (χ0v) is 10.7. The van der Waals surface area contributed by atoms with E-state index >= 15 is 0 Å². The summed E-state index contributed by atoms with van der Waals surface area (Å²) in [4.78, 5) is 0. The van der Waals surface area contributed by atoms with Crippen molar-refractivity contribution >= 4 is 17.2 Å². The van der Waals surface area contributed by atoms with Crippen LogP contribution in [0.15, 0.2) is 48.5 Å². The summed E-state index contributed by atoms with van der Waals surface area (Å²) in [5, 5.41) is 10.7. The van der Waals surface area contributed by atoms with Crippen molar-refractivity contribution in [3.63, 3.8) is 0 Å². The molecule has 6 N–H and O–H groups in total. The maximum atomic E-state index is 7.42. The maximum Gasteiger partial charge on any atom is 0.122 e. The van der Waals surface area contributed by atoms with E-state index in [1.54, 1.807) is 12.1 Å². The van der Waals surface area contributed by atoms with E-state index in [0.29, 0.717) is 11.3 Å². The van der Waals surface area contributed by atoms with Crippen molar-refractivity contribution in [2.45, 2.75) is 6.42 Å². The SMILES string of the molecule is N=C(N)c1ccc(N)c(NCCc2ccccc2)c1. The molecule has 0 aliphatic heterocycles. The van der Waals surface area contributed by atoms with E-state index in [4.69, 9.17) is 16.9 Å². The molecule has 0 fully saturated rings. The zero-order chi connectivity index (χ0) is 13.7. The lowest BCUT2D eigenvalue weighted by atomic mass is 10.1. The van der Waals surface area contributed by atoms with Crippen LogP contribution in [-0.4, -0.2) is 12.4 Å². The Morgan fingerprint density at radius 3 is 2.53 bits per heavy atom. The molecule has 0 aliphatic carbocycles. The van der Waals surface area contributed by atoms with E-state index in [9.17, 15) is 0 Å². The highest BCUT2D eigenvalue weighted by atomic mass is 14.9. The van der Waals surface area contributed by atoms with Gasteiger partial charge in [0.2, 0.25) is 0 Å². The average molecular weight is 254 g/mol. The van der Waals surface area contributed by atoms with Crippen LogP contribution in [0.2, 0.25) is 0 Å². The van der Waals surface area contributed by atoms with Gasteiger partial charge in [0.25, 0.3) is 0 Å². The van der Waals surface area contributed by atoms with Crippen molar-refractivity contribution in [3.8, 4) is 0 Å². The molecule has 0 amide bonds. The predicted molar refractivity (Wildman–Crippen MR) is 80.5 cm³/mol. The number of anilines is 2. The van der Waals surface area contributed by atoms with Gasteiger partial charge in [0, 0.05) is 12.1 Å². The van der Waals surface area contributed by atoms with Gasteiger partial charge < -0.3 is 16.8 Å². The van der Waals surface area contributed by atoms with Gasteiger partial charge in [-0.25, -0.2) is 0 Å². The van der Waals surface area contributed by atoms with Crippen LogP contribution in [0, 0.1) is 5.41 Å². The molecule has 0 bridgehead atoms. The van der Waals surface area contributed by atoms with Gasteiger partial charge in [-0.1, -0.05) is 30.3 Å². The van der Waals surface area contributed by atoms with Crippen molar-refractivity contribution in [1.82, 2.24) is 0 Å². The Kier molecular flexibility index (Phi) is 4.03. The molecule has 4 heteroatoms. The summed E-state index contributed by atoms with van der Waals surface area (Å²) in [6.45, 7) is 0.787. The summed E-state index contributed by atoms with van der Waals surface area (Å²) >= 11 is 0. The fraction of sp³-hybridized carbons (Fsp3) is 0.133. The van der Waals surface area contributed by atoms with E-state index < -0.39 is 0 Å². The van der Waals surface area contributed by atoms with Crippen LogP contribution in [0.3, 0.4) is 0 Å². The van der Waals surface area contributed by atoms with Crippen molar-refractivity contribution in [2.75, 3.05) is 17.6 Å². The Labute approximate surface area is 112 Å². The second-order valence-corrected chi connectivity index (χ2v) is 4.38. The fourth-order valence-electron chi connectivity index (χ4n) is 1.86. The molecule has 0 unspecified atom stereocenters. The molecule has 2 rings (SSSR count). The minimum absolute atomic E-state index is 0.0473. The van der Waals surface area contributed by atoms with Gasteiger partial charge in [-0.2, -0.15) is 0 Å². The van der Waals surface area contributed by atoms with Crippen molar-refractivity contribution < 1.29 is 0 Å². The number of benzene rings is 2. The van der Waals surface area contributed by atoms with E-state index in [0.717, 1.165) is 18.7 Å².